The number of nitrogens with zero attached hydrogens (tertiary/aromatic N) is 5. The van der Waals surface area contributed by atoms with Gasteiger partial charge in [0.25, 0.3) is 0 Å². The van der Waals surface area contributed by atoms with Crippen LogP contribution in [0.25, 0.3) is 22.5 Å². The van der Waals surface area contributed by atoms with Crippen LogP contribution in [0.15, 0.2) is 42.6 Å². The van der Waals surface area contributed by atoms with Gasteiger partial charge in [-0.15, -0.1) is 0 Å². The van der Waals surface area contributed by atoms with Crippen molar-refractivity contribution in [1.82, 2.24) is 14.3 Å². The number of benzene rings is 1. The highest BCUT2D eigenvalue weighted by molar-refractivity contribution is 7.10. The minimum absolute atomic E-state index is 0.0948. The van der Waals surface area contributed by atoms with E-state index in [0.717, 1.165) is 60.3 Å². The van der Waals surface area contributed by atoms with Gasteiger partial charge in [-0.1, -0.05) is 49.9 Å². The molecule has 38 heavy (non-hydrogen) atoms. The number of aliphatic carboxylic acids is 1. The number of carbonyl (C=O) groups excluding carboxylic acids is 2. The molecule has 198 valence electrons. The number of hydrogen-bond acceptors (Lipinski definition) is 7. The third kappa shape index (κ3) is 5.60. The second-order valence-corrected chi connectivity index (χ2v) is 10.8. The lowest BCUT2D eigenvalue weighted by molar-refractivity contribution is -0.140. The van der Waals surface area contributed by atoms with Gasteiger partial charge in [-0.2, -0.15) is 9.36 Å². The summed E-state index contributed by atoms with van der Waals surface area (Å²) >= 11 is 1.12. The highest BCUT2D eigenvalue weighted by Crippen LogP contribution is 2.35. The number of aromatic nitrogens is 3. The molecule has 9 nitrogen and oxygen atoms in total. The number of amides is 2. The molecule has 1 saturated heterocycles. The summed E-state index contributed by atoms with van der Waals surface area (Å²) in [5, 5.41) is 9.85. The van der Waals surface area contributed by atoms with Crippen LogP contribution >= 0.6 is 11.5 Å². The molecule has 0 radical (unpaired) electrons. The fourth-order valence-electron chi connectivity index (χ4n) is 5.49. The summed E-state index contributed by atoms with van der Waals surface area (Å²) in [6, 6.07) is 11.5. The first-order chi connectivity index (χ1) is 18.4. The Hall–Kier alpha value is -3.66. The van der Waals surface area contributed by atoms with Crippen molar-refractivity contribution in [2.45, 2.75) is 51.4 Å². The third-order valence-corrected chi connectivity index (χ3v) is 8.27. The minimum Gasteiger partial charge on any atom is -0.481 e. The van der Waals surface area contributed by atoms with E-state index in [1.807, 2.05) is 36.4 Å². The quantitative estimate of drug-likeness (QED) is 0.410. The van der Waals surface area contributed by atoms with Crippen LogP contribution in [0, 0.1) is 11.8 Å². The molecule has 3 aromatic rings. The SMILES string of the molecule is CN(C(=O)C(CC(=O)O)CC1CCCC1)c1nc(-c2ccccc2-c2ccc(N3CCCC3=O)nc2)ns1. The van der Waals surface area contributed by atoms with E-state index in [1.54, 1.807) is 18.1 Å². The molecule has 1 N–H and O–H groups in total. The molecule has 1 atom stereocenters. The maximum Gasteiger partial charge on any atom is 0.304 e. The largest absolute Gasteiger partial charge is 0.481 e. The van der Waals surface area contributed by atoms with E-state index < -0.39 is 11.9 Å². The van der Waals surface area contributed by atoms with Crippen molar-refractivity contribution < 1.29 is 19.5 Å². The predicted octanol–water partition coefficient (Wildman–Crippen LogP) is 5.03. The Kier molecular flexibility index (Phi) is 7.78. The molecule has 2 aromatic heterocycles. The van der Waals surface area contributed by atoms with Gasteiger partial charge in [0.1, 0.15) is 5.82 Å². The summed E-state index contributed by atoms with van der Waals surface area (Å²) in [5.74, 6) is -0.134. The molecule has 3 heterocycles. The average Bonchev–Trinajstić information content (AvgIpc) is 3.70. The zero-order valence-corrected chi connectivity index (χ0v) is 22.2. The molecule has 0 spiro atoms. The van der Waals surface area contributed by atoms with E-state index in [-0.39, 0.29) is 18.2 Å². The van der Waals surface area contributed by atoms with Gasteiger partial charge in [0.15, 0.2) is 5.82 Å². The van der Waals surface area contributed by atoms with Crippen LogP contribution in [-0.4, -0.2) is 50.8 Å². The van der Waals surface area contributed by atoms with Gasteiger partial charge >= 0.3 is 5.97 Å². The zero-order valence-electron chi connectivity index (χ0n) is 21.4. The Morgan fingerprint density at radius 2 is 1.89 bits per heavy atom. The van der Waals surface area contributed by atoms with E-state index in [9.17, 15) is 19.5 Å². The molecular weight excluding hydrogens is 502 g/mol. The molecule has 1 aliphatic heterocycles. The molecule has 1 saturated carbocycles. The average molecular weight is 534 g/mol. The van der Waals surface area contributed by atoms with Crippen molar-refractivity contribution in [2.75, 3.05) is 23.4 Å². The van der Waals surface area contributed by atoms with Crippen molar-refractivity contribution in [3.05, 3.63) is 42.6 Å². The van der Waals surface area contributed by atoms with Crippen LogP contribution in [-0.2, 0) is 14.4 Å². The number of carbonyl (C=O) groups is 3. The molecule has 10 heteroatoms. The van der Waals surface area contributed by atoms with Crippen LogP contribution in [0.4, 0.5) is 10.9 Å². The Balaban J connectivity index is 1.36. The summed E-state index contributed by atoms with van der Waals surface area (Å²) in [6.07, 6.45) is 7.95. The minimum atomic E-state index is -0.963. The van der Waals surface area contributed by atoms with Crippen LogP contribution in [0.2, 0.25) is 0 Å². The molecule has 2 aliphatic rings. The standard InChI is InChI=1S/C28H31N5O4S/c1-32(27(37)20(16-25(35)36)15-18-7-2-3-8-18)28-30-26(31-38-28)22-10-5-4-9-21(22)19-12-13-23(29-17-19)33-14-6-11-24(33)34/h4-5,9-10,12-13,17-18,20H,2-3,6-8,11,14-16H2,1H3,(H,35,36). The molecular formula is C28H31N5O4S. The van der Waals surface area contributed by atoms with Crippen LogP contribution in [0.1, 0.15) is 51.4 Å². The second kappa shape index (κ2) is 11.4. The van der Waals surface area contributed by atoms with Gasteiger partial charge in [0.05, 0.1) is 6.42 Å². The first-order valence-corrected chi connectivity index (χ1v) is 13.9. The lowest BCUT2D eigenvalue weighted by Crippen LogP contribution is -2.35. The number of rotatable bonds is 9. The Labute approximate surface area is 225 Å². The van der Waals surface area contributed by atoms with Gasteiger partial charge in [0.2, 0.25) is 16.9 Å². The van der Waals surface area contributed by atoms with Crippen molar-refractivity contribution in [1.29, 1.82) is 0 Å². The number of hydrogen-bond donors (Lipinski definition) is 1. The van der Waals surface area contributed by atoms with E-state index >= 15 is 0 Å². The smallest absolute Gasteiger partial charge is 0.304 e. The number of carboxylic acids is 1. The molecule has 1 aromatic carbocycles. The van der Waals surface area contributed by atoms with Gasteiger partial charge in [0, 0.05) is 54.8 Å². The summed E-state index contributed by atoms with van der Waals surface area (Å²) in [7, 11) is 1.64. The van der Waals surface area contributed by atoms with E-state index in [4.69, 9.17) is 0 Å². The maximum atomic E-state index is 13.3. The number of carboxylic acid groups (broad SMARTS) is 1. The summed E-state index contributed by atoms with van der Waals surface area (Å²) in [6.45, 7) is 0.688. The van der Waals surface area contributed by atoms with Gasteiger partial charge in [-0.25, -0.2) is 4.98 Å². The Morgan fingerprint density at radius 3 is 2.55 bits per heavy atom. The van der Waals surface area contributed by atoms with Crippen molar-refractivity contribution in [3.63, 3.8) is 0 Å². The van der Waals surface area contributed by atoms with Crippen LogP contribution < -0.4 is 9.80 Å². The van der Waals surface area contributed by atoms with Crippen molar-refractivity contribution >= 4 is 40.3 Å². The summed E-state index contributed by atoms with van der Waals surface area (Å²) < 4.78 is 4.54. The fraction of sp³-hybridized carbons (Fsp3) is 0.429. The first kappa shape index (κ1) is 26.0. The third-order valence-electron chi connectivity index (χ3n) is 7.47. The monoisotopic (exact) mass is 533 g/mol. The first-order valence-electron chi connectivity index (χ1n) is 13.1. The zero-order chi connectivity index (χ0) is 26.6. The van der Waals surface area contributed by atoms with Crippen molar-refractivity contribution in [2.24, 2.45) is 11.8 Å². The topological polar surface area (TPSA) is 117 Å². The van der Waals surface area contributed by atoms with E-state index in [2.05, 4.69) is 14.3 Å². The van der Waals surface area contributed by atoms with E-state index in [1.165, 1.54) is 4.90 Å². The molecule has 5 rings (SSSR count). The van der Waals surface area contributed by atoms with Crippen molar-refractivity contribution in [3.8, 4) is 22.5 Å². The lowest BCUT2D eigenvalue weighted by Gasteiger charge is -2.22. The van der Waals surface area contributed by atoms with Crippen LogP contribution in [0.3, 0.4) is 0 Å². The second-order valence-electron chi connectivity index (χ2n) is 10.1. The number of anilines is 2. The summed E-state index contributed by atoms with van der Waals surface area (Å²) in [4.78, 5) is 49.3. The predicted molar refractivity (Wildman–Crippen MR) is 146 cm³/mol. The highest BCUT2D eigenvalue weighted by Gasteiger charge is 2.31. The number of pyridine rings is 1. The molecule has 1 aliphatic carbocycles. The van der Waals surface area contributed by atoms with Gasteiger partial charge < -0.3 is 5.11 Å². The maximum absolute atomic E-state index is 13.3. The molecule has 0 bridgehead atoms. The Bertz CT molecular complexity index is 1320. The normalized spacial score (nSPS) is 16.7. The van der Waals surface area contributed by atoms with E-state index in [0.29, 0.717) is 42.1 Å². The van der Waals surface area contributed by atoms with Gasteiger partial charge in [-0.05, 0) is 36.5 Å². The molecule has 2 amide bonds. The molecule has 2 fully saturated rings. The van der Waals surface area contributed by atoms with Gasteiger partial charge in [-0.3, -0.25) is 24.2 Å². The molecule has 1 unspecified atom stereocenters. The highest BCUT2D eigenvalue weighted by atomic mass is 32.1. The van der Waals surface area contributed by atoms with Crippen LogP contribution in [0.5, 0.6) is 0 Å². The lowest BCUT2D eigenvalue weighted by atomic mass is 9.90. The Morgan fingerprint density at radius 1 is 1.13 bits per heavy atom. The fourth-order valence-corrected chi connectivity index (χ4v) is 6.13. The summed E-state index contributed by atoms with van der Waals surface area (Å²) in [5.41, 5.74) is 2.56.